The van der Waals surface area contributed by atoms with Gasteiger partial charge in [0.2, 0.25) is 5.88 Å². The average Bonchev–Trinajstić information content (AvgIpc) is 3.23. The van der Waals surface area contributed by atoms with E-state index in [-0.39, 0.29) is 67.3 Å². The van der Waals surface area contributed by atoms with Crippen molar-refractivity contribution in [3.05, 3.63) is 42.2 Å². The topological polar surface area (TPSA) is 136 Å². The molecule has 0 aromatic carbocycles. The van der Waals surface area contributed by atoms with E-state index in [9.17, 15) is 26.4 Å². The summed E-state index contributed by atoms with van der Waals surface area (Å²) in [5, 5.41) is 11.6. The molecule has 3 aliphatic rings. The average molecular weight is 609 g/mol. The molecule has 2 aliphatic heterocycles. The highest BCUT2D eigenvalue weighted by molar-refractivity contribution is 7.90. The smallest absolute Gasteiger partial charge is 0.394 e. The van der Waals surface area contributed by atoms with Crippen LogP contribution in [0.15, 0.2) is 41.7 Å². The quantitative estimate of drug-likeness (QED) is 0.405. The number of nitrogens with one attached hydrogen (secondary N) is 2. The normalized spacial score (nSPS) is 22.4. The molecule has 5 heterocycles. The first-order valence-electron chi connectivity index (χ1n) is 13.6. The summed E-state index contributed by atoms with van der Waals surface area (Å²) in [6, 6.07) is 5.94. The summed E-state index contributed by atoms with van der Waals surface area (Å²) in [5.41, 5.74) is -1.94. The number of hydrogen-bond acceptors (Lipinski definition) is 9. The number of pyridine rings is 1. The number of anilines is 1. The number of ether oxygens (including phenoxy) is 1. The molecule has 42 heavy (non-hydrogen) atoms. The Bertz CT molecular complexity index is 1610. The predicted octanol–water partition coefficient (Wildman–Crippen LogP) is 3.00. The summed E-state index contributed by atoms with van der Waals surface area (Å²) in [6.45, 7) is 4.91. The van der Waals surface area contributed by atoms with Crippen molar-refractivity contribution in [2.45, 2.75) is 75.4 Å². The third kappa shape index (κ3) is 5.32. The minimum Gasteiger partial charge on any atom is -0.477 e. The minimum atomic E-state index is -4.24. The van der Waals surface area contributed by atoms with Crippen LogP contribution < -0.4 is 19.7 Å². The molecule has 0 spiro atoms. The Morgan fingerprint density at radius 2 is 1.90 bits per heavy atom. The summed E-state index contributed by atoms with van der Waals surface area (Å²) in [7, 11) is -4.24. The molecule has 4 bridgehead atoms. The van der Waals surface area contributed by atoms with Gasteiger partial charge in [0.05, 0.1) is 24.3 Å². The fourth-order valence-electron chi connectivity index (χ4n) is 5.66. The van der Waals surface area contributed by atoms with Crippen LogP contribution in [0.3, 0.4) is 0 Å². The summed E-state index contributed by atoms with van der Waals surface area (Å²) in [5.74, 6) is 0.0202. The summed E-state index contributed by atoms with van der Waals surface area (Å²) < 4.78 is 75.9. The highest BCUT2D eigenvalue weighted by atomic mass is 32.2. The Morgan fingerprint density at radius 1 is 1.12 bits per heavy atom. The van der Waals surface area contributed by atoms with E-state index in [0.29, 0.717) is 12.4 Å². The van der Waals surface area contributed by atoms with E-state index < -0.39 is 33.1 Å². The van der Waals surface area contributed by atoms with Crippen LogP contribution in [0, 0.1) is 5.41 Å². The zero-order valence-corrected chi connectivity index (χ0v) is 23.9. The van der Waals surface area contributed by atoms with Crippen molar-refractivity contribution < 1.29 is 31.1 Å². The maximum atomic E-state index is 13.3. The van der Waals surface area contributed by atoms with Gasteiger partial charge in [-0.3, -0.25) is 14.8 Å². The van der Waals surface area contributed by atoms with Gasteiger partial charge in [-0.1, -0.05) is 0 Å². The maximum Gasteiger partial charge on any atom is 0.394 e. The van der Waals surface area contributed by atoms with Gasteiger partial charge in [0.15, 0.2) is 10.8 Å². The molecule has 1 amide bonds. The molecule has 16 heteroatoms. The van der Waals surface area contributed by atoms with Crippen LogP contribution in [-0.4, -0.2) is 69.8 Å². The number of sulfonamides is 1. The van der Waals surface area contributed by atoms with Gasteiger partial charge < -0.3 is 9.64 Å². The van der Waals surface area contributed by atoms with Gasteiger partial charge in [-0.2, -0.15) is 26.7 Å². The molecule has 0 radical (unpaired) electrons. The molecule has 1 aliphatic carbocycles. The molecule has 1 unspecified atom stereocenters. The molecule has 1 atom stereocenters. The Hall–Kier alpha value is -3.66. The molecule has 2 N–H and O–H groups in total. The minimum absolute atomic E-state index is 0.00297. The van der Waals surface area contributed by atoms with Crippen molar-refractivity contribution in [1.29, 1.82) is 0 Å². The van der Waals surface area contributed by atoms with E-state index in [2.05, 4.69) is 20.2 Å². The van der Waals surface area contributed by atoms with Gasteiger partial charge in [-0.25, -0.2) is 14.4 Å². The fourth-order valence-corrected chi connectivity index (χ4v) is 6.57. The Labute approximate surface area is 240 Å². The van der Waals surface area contributed by atoms with Crippen LogP contribution in [0.25, 0.3) is 5.82 Å². The molecule has 6 rings (SSSR count). The van der Waals surface area contributed by atoms with E-state index in [0.717, 1.165) is 6.42 Å². The van der Waals surface area contributed by atoms with Crippen LogP contribution in [0.1, 0.15) is 56.3 Å². The van der Waals surface area contributed by atoms with Crippen LogP contribution in [0.4, 0.5) is 19.0 Å². The van der Waals surface area contributed by atoms with E-state index in [1.807, 2.05) is 18.7 Å². The number of nitrogens with zero attached hydrogens (tertiary/aromatic N) is 6. The SMILES string of the molecule is CC1(C)CC2CN1c1nc(-n3ccc(OCCCC4(C(F)(F)F)CC4)n3)ccc1C(=O)NS(=O)(=O)c1ccn(n1)CN2. The maximum absolute atomic E-state index is 13.3. The second-order valence-corrected chi connectivity index (χ2v) is 13.3. The highest BCUT2D eigenvalue weighted by Gasteiger charge is 2.62. The van der Waals surface area contributed by atoms with Crippen LogP contribution in [0.2, 0.25) is 0 Å². The zero-order chi connectivity index (χ0) is 29.9. The lowest BCUT2D eigenvalue weighted by molar-refractivity contribution is -0.189. The fraction of sp³-hybridized carbons (Fsp3) is 0.538. The molecule has 3 aromatic rings. The number of fused-ring (bicyclic) bond motifs is 6. The second kappa shape index (κ2) is 9.97. The first-order valence-corrected chi connectivity index (χ1v) is 15.1. The first-order chi connectivity index (χ1) is 19.8. The van der Waals surface area contributed by atoms with Gasteiger partial charge in [0, 0.05) is 36.6 Å². The molecular formula is C26H31F3N8O4S. The second-order valence-electron chi connectivity index (χ2n) is 11.7. The number of carbonyl (C=O) groups excluding carboxylic acids is 1. The standard InChI is InChI=1S/C26H31F3N8O4S/c1-24(2)14-17-15-36(24)22-18(23(38)34-42(39,40)21-7-11-35(33-21)16-30-17)4-5-19(31-22)37-12-6-20(32-37)41-13-3-8-25(9-10-25)26(27,28)29/h4-7,11-12,17,30H,3,8-10,13-16H2,1-2H3,(H,34,38). The summed E-state index contributed by atoms with van der Waals surface area (Å²) in [4.78, 5) is 20.1. The Kier molecular flexibility index (Phi) is 6.75. The van der Waals surface area contributed by atoms with Crippen molar-refractivity contribution in [2.24, 2.45) is 5.41 Å². The first kappa shape index (κ1) is 28.5. The lowest BCUT2D eigenvalue weighted by atomic mass is 10.00. The number of hydrogen-bond donors (Lipinski definition) is 2. The number of halogens is 3. The summed E-state index contributed by atoms with van der Waals surface area (Å²) >= 11 is 0. The number of amides is 1. The molecule has 1 saturated heterocycles. The van der Waals surface area contributed by atoms with E-state index >= 15 is 0 Å². The number of carbonyl (C=O) groups is 1. The third-order valence-electron chi connectivity index (χ3n) is 8.20. The lowest BCUT2D eigenvalue weighted by Crippen LogP contribution is -2.41. The third-order valence-corrected chi connectivity index (χ3v) is 9.43. The largest absolute Gasteiger partial charge is 0.477 e. The van der Waals surface area contributed by atoms with Gasteiger partial charge in [0.1, 0.15) is 5.82 Å². The van der Waals surface area contributed by atoms with Crippen molar-refractivity contribution in [2.75, 3.05) is 18.1 Å². The van der Waals surface area contributed by atoms with Gasteiger partial charge >= 0.3 is 6.18 Å². The molecule has 12 nitrogen and oxygen atoms in total. The van der Waals surface area contributed by atoms with Crippen molar-refractivity contribution >= 4 is 21.7 Å². The predicted molar refractivity (Wildman–Crippen MR) is 144 cm³/mol. The Morgan fingerprint density at radius 3 is 2.64 bits per heavy atom. The molecule has 226 valence electrons. The highest BCUT2D eigenvalue weighted by Crippen LogP contribution is 2.60. The van der Waals surface area contributed by atoms with Crippen molar-refractivity contribution in [3.8, 4) is 11.7 Å². The van der Waals surface area contributed by atoms with E-state index in [1.165, 1.54) is 33.8 Å². The molecule has 1 saturated carbocycles. The number of aromatic nitrogens is 5. The molecule has 2 fully saturated rings. The monoisotopic (exact) mass is 608 g/mol. The van der Waals surface area contributed by atoms with Gasteiger partial charge in [0.25, 0.3) is 15.9 Å². The Balaban J connectivity index is 1.25. The number of alkyl halides is 3. The van der Waals surface area contributed by atoms with Gasteiger partial charge in [-0.05, 0) is 64.2 Å². The van der Waals surface area contributed by atoms with Crippen LogP contribution in [0.5, 0.6) is 5.88 Å². The van der Waals surface area contributed by atoms with E-state index in [4.69, 9.17) is 9.72 Å². The lowest BCUT2D eigenvalue weighted by Gasteiger charge is -2.33. The van der Waals surface area contributed by atoms with Gasteiger partial charge in [-0.15, -0.1) is 5.10 Å². The van der Waals surface area contributed by atoms with Crippen molar-refractivity contribution in [3.63, 3.8) is 0 Å². The van der Waals surface area contributed by atoms with Crippen LogP contribution >= 0.6 is 0 Å². The zero-order valence-electron chi connectivity index (χ0n) is 23.1. The van der Waals surface area contributed by atoms with Crippen LogP contribution in [-0.2, 0) is 16.7 Å². The molecular weight excluding hydrogens is 577 g/mol. The number of rotatable bonds is 6. The van der Waals surface area contributed by atoms with Crippen molar-refractivity contribution in [1.82, 2.24) is 34.6 Å². The molecule has 3 aromatic heterocycles. The van der Waals surface area contributed by atoms with E-state index in [1.54, 1.807) is 12.3 Å². The summed E-state index contributed by atoms with van der Waals surface area (Å²) in [6.07, 6.45) is 0.256.